The van der Waals surface area contributed by atoms with Gasteiger partial charge in [-0.1, -0.05) is 17.2 Å². The molecular weight excluding hydrogens is 308 g/mol. The van der Waals surface area contributed by atoms with Crippen LogP contribution in [0.15, 0.2) is 41.2 Å². The Morgan fingerprint density at radius 3 is 2.29 bits per heavy atom. The maximum atomic E-state index is 12.2. The Bertz CT molecular complexity index is 977. The number of rotatable bonds is 4. The third-order valence-electron chi connectivity index (χ3n) is 3.63. The first-order chi connectivity index (χ1) is 11.4. The van der Waals surface area contributed by atoms with Crippen LogP contribution >= 0.6 is 0 Å². The molecule has 1 aromatic heterocycles. The lowest BCUT2D eigenvalue weighted by molar-refractivity contribution is 0.0474. The van der Waals surface area contributed by atoms with Crippen LogP contribution in [0.5, 0.6) is 0 Å². The van der Waals surface area contributed by atoms with Crippen molar-refractivity contribution in [2.45, 2.75) is 13.8 Å². The van der Waals surface area contributed by atoms with Crippen LogP contribution < -0.4 is 5.69 Å². The number of carbonyl (C=O) groups excluding carboxylic acids is 2. The number of ketones is 1. The maximum Gasteiger partial charge on any atom is 0.338 e. The number of ether oxygens (including phenoxy) is 1. The summed E-state index contributed by atoms with van der Waals surface area (Å²) in [5.41, 5.74) is 3.51. The molecule has 2 aromatic carbocycles. The van der Waals surface area contributed by atoms with Crippen LogP contribution in [-0.2, 0) is 4.74 Å². The average Bonchev–Trinajstić information content (AvgIpc) is 2.90. The summed E-state index contributed by atoms with van der Waals surface area (Å²) in [5, 5.41) is 0. The minimum atomic E-state index is -0.536. The molecule has 1 heterocycles. The van der Waals surface area contributed by atoms with Crippen LogP contribution in [0.2, 0.25) is 0 Å². The number of nitrogens with one attached hydrogen (secondary N) is 2. The second kappa shape index (κ2) is 6.16. The van der Waals surface area contributed by atoms with E-state index in [4.69, 9.17) is 4.74 Å². The van der Waals surface area contributed by atoms with Gasteiger partial charge < -0.3 is 14.7 Å². The number of Topliss-reactive ketones (excluding diaryl/α,β-unsaturated/α-hetero) is 1. The average molecular weight is 324 g/mol. The van der Waals surface area contributed by atoms with Crippen molar-refractivity contribution in [1.82, 2.24) is 9.97 Å². The molecule has 0 aliphatic carbocycles. The van der Waals surface area contributed by atoms with Gasteiger partial charge in [0, 0.05) is 5.56 Å². The van der Waals surface area contributed by atoms with Crippen molar-refractivity contribution >= 4 is 22.8 Å². The highest BCUT2D eigenvalue weighted by molar-refractivity contribution is 6.01. The van der Waals surface area contributed by atoms with Crippen molar-refractivity contribution in [2.24, 2.45) is 0 Å². The summed E-state index contributed by atoms with van der Waals surface area (Å²) in [6.45, 7) is 3.43. The van der Waals surface area contributed by atoms with Crippen LogP contribution in [-0.4, -0.2) is 28.3 Å². The molecule has 0 aliphatic heterocycles. The molecule has 24 heavy (non-hydrogen) atoms. The molecule has 0 atom stereocenters. The number of aryl methyl sites for hydroxylation is 2. The smallest absolute Gasteiger partial charge is 0.338 e. The van der Waals surface area contributed by atoms with E-state index in [0.29, 0.717) is 22.2 Å². The number of esters is 1. The van der Waals surface area contributed by atoms with Crippen molar-refractivity contribution in [3.63, 3.8) is 0 Å². The van der Waals surface area contributed by atoms with Gasteiger partial charge >= 0.3 is 11.7 Å². The SMILES string of the molecule is Cc1cc(C)cc(C(=O)OCC(=O)c2ccc3[nH]c(=O)[nH]c3c2)c1. The topological polar surface area (TPSA) is 92.0 Å². The van der Waals surface area contributed by atoms with Gasteiger partial charge in [-0.2, -0.15) is 0 Å². The number of aromatic amines is 2. The second-order valence-electron chi connectivity index (χ2n) is 5.72. The van der Waals surface area contributed by atoms with Crippen molar-refractivity contribution in [1.29, 1.82) is 0 Å². The molecule has 0 bridgehead atoms. The van der Waals surface area contributed by atoms with E-state index >= 15 is 0 Å². The standard InChI is InChI=1S/C18H16N2O4/c1-10-5-11(2)7-13(6-10)17(22)24-9-16(21)12-3-4-14-15(8-12)20-18(23)19-14/h3-8H,9H2,1-2H3,(H2,19,20,23). The number of carbonyl (C=O) groups is 2. The Balaban J connectivity index is 1.71. The van der Waals surface area contributed by atoms with Crippen LogP contribution in [0.1, 0.15) is 31.8 Å². The molecule has 0 fully saturated rings. The first-order valence-electron chi connectivity index (χ1n) is 7.43. The van der Waals surface area contributed by atoms with Gasteiger partial charge in [0.1, 0.15) is 0 Å². The molecule has 3 aromatic rings. The van der Waals surface area contributed by atoms with E-state index in [9.17, 15) is 14.4 Å². The lowest BCUT2D eigenvalue weighted by atomic mass is 10.1. The third kappa shape index (κ3) is 3.27. The van der Waals surface area contributed by atoms with Crippen LogP contribution in [0.4, 0.5) is 0 Å². The molecule has 0 saturated carbocycles. The summed E-state index contributed by atoms with van der Waals surface area (Å²) < 4.78 is 5.10. The Hall–Kier alpha value is -3.15. The van der Waals surface area contributed by atoms with Gasteiger partial charge in [-0.25, -0.2) is 9.59 Å². The third-order valence-corrected chi connectivity index (χ3v) is 3.63. The fourth-order valence-electron chi connectivity index (χ4n) is 2.60. The van der Waals surface area contributed by atoms with E-state index in [2.05, 4.69) is 9.97 Å². The van der Waals surface area contributed by atoms with Crippen LogP contribution in [0.25, 0.3) is 11.0 Å². The lowest BCUT2D eigenvalue weighted by Crippen LogP contribution is -2.14. The van der Waals surface area contributed by atoms with Crippen molar-refractivity contribution in [3.8, 4) is 0 Å². The van der Waals surface area contributed by atoms with Gasteiger partial charge in [0.05, 0.1) is 16.6 Å². The molecule has 0 saturated heterocycles. The van der Waals surface area contributed by atoms with Gasteiger partial charge in [0.2, 0.25) is 0 Å². The lowest BCUT2D eigenvalue weighted by Gasteiger charge is -2.06. The van der Waals surface area contributed by atoms with Gasteiger partial charge in [-0.05, 0) is 44.2 Å². The van der Waals surface area contributed by atoms with E-state index in [1.54, 1.807) is 30.3 Å². The highest BCUT2D eigenvalue weighted by Gasteiger charge is 2.13. The molecule has 122 valence electrons. The van der Waals surface area contributed by atoms with Crippen LogP contribution in [0.3, 0.4) is 0 Å². The largest absolute Gasteiger partial charge is 0.454 e. The molecular formula is C18H16N2O4. The van der Waals surface area contributed by atoms with Crippen molar-refractivity contribution in [3.05, 3.63) is 69.1 Å². The van der Waals surface area contributed by atoms with Gasteiger partial charge in [-0.3, -0.25) is 4.79 Å². The molecule has 0 amide bonds. The van der Waals surface area contributed by atoms with E-state index in [1.807, 2.05) is 19.9 Å². The van der Waals surface area contributed by atoms with E-state index in [1.165, 1.54) is 0 Å². The number of benzene rings is 2. The normalized spacial score (nSPS) is 10.8. The summed E-state index contributed by atoms with van der Waals surface area (Å²) in [5.74, 6) is -0.872. The molecule has 0 unspecified atom stereocenters. The predicted molar refractivity (Wildman–Crippen MR) is 89.4 cm³/mol. The number of hydrogen-bond donors (Lipinski definition) is 2. The summed E-state index contributed by atoms with van der Waals surface area (Å²) in [6, 6.07) is 10.2. The van der Waals surface area contributed by atoms with Gasteiger partial charge in [-0.15, -0.1) is 0 Å². The second-order valence-corrected chi connectivity index (χ2v) is 5.72. The first-order valence-corrected chi connectivity index (χ1v) is 7.43. The fourth-order valence-corrected chi connectivity index (χ4v) is 2.60. The summed E-state index contributed by atoms with van der Waals surface area (Å²) >= 11 is 0. The van der Waals surface area contributed by atoms with Crippen molar-refractivity contribution in [2.75, 3.05) is 6.61 Å². The van der Waals surface area contributed by atoms with Gasteiger partial charge in [0.25, 0.3) is 0 Å². The highest BCUT2D eigenvalue weighted by atomic mass is 16.5. The van der Waals surface area contributed by atoms with E-state index in [0.717, 1.165) is 11.1 Å². The number of aromatic nitrogens is 2. The number of H-pyrrole nitrogens is 2. The molecule has 6 heteroatoms. The van der Waals surface area contributed by atoms with Crippen molar-refractivity contribution < 1.29 is 14.3 Å². The van der Waals surface area contributed by atoms with Crippen LogP contribution in [0, 0.1) is 13.8 Å². The van der Waals surface area contributed by atoms with E-state index < -0.39 is 5.97 Å². The molecule has 0 radical (unpaired) electrons. The Morgan fingerprint density at radius 2 is 1.58 bits per heavy atom. The number of hydrogen-bond acceptors (Lipinski definition) is 4. The zero-order valence-electron chi connectivity index (χ0n) is 13.3. The highest BCUT2D eigenvalue weighted by Crippen LogP contribution is 2.13. The Morgan fingerprint density at radius 1 is 0.917 bits per heavy atom. The minimum absolute atomic E-state index is 0.336. The summed E-state index contributed by atoms with van der Waals surface area (Å²) in [6.07, 6.45) is 0. The molecule has 6 nitrogen and oxygen atoms in total. The minimum Gasteiger partial charge on any atom is -0.454 e. The van der Waals surface area contributed by atoms with E-state index in [-0.39, 0.29) is 18.1 Å². The zero-order valence-corrected chi connectivity index (χ0v) is 13.3. The summed E-state index contributed by atoms with van der Waals surface area (Å²) in [7, 11) is 0. The van der Waals surface area contributed by atoms with Gasteiger partial charge in [0.15, 0.2) is 12.4 Å². The molecule has 0 aliphatic rings. The zero-order chi connectivity index (χ0) is 17.3. The molecule has 2 N–H and O–H groups in total. The maximum absolute atomic E-state index is 12.2. The first kappa shape index (κ1) is 15.7. The molecule has 3 rings (SSSR count). The molecule has 0 spiro atoms. The quantitative estimate of drug-likeness (QED) is 0.570. The summed E-state index contributed by atoms with van der Waals surface area (Å²) in [4.78, 5) is 40.7. The number of imidazole rings is 1. The number of fused-ring (bicyclic) bond motifs is 1. The Labute approximate surface area is 137 Å². The Kier molecular flexibility index (Phi) is 4.04. The predicted octanol–water partition coefficient (Wildman–Crippen LogP) is 2.51. The fraction of sp³-hybridized carbons (Fsp3) is 0.167. The monoisotopic (exact) mass is 324 g/mol.